The zero-order valence-electron chi connectivity index (χ0n) is 17.7. The van der Waals surface area contributed by atoms with Gasteiger partial charge in [-0.25, -0.2) is 0 Å². The van der Waals surface area contributed by atoms with E-state index < -0.39 is 0 Å². The number of imide groups is 1. The van der Waals surface area contributed by atoms with Gasteiger partial charge >= 0.3 is 0 Å². The number of carbonyl (C=O) groups excluding carboxylic acids is 2. The van der Waals surface area contributed by atoms with Crippen molar-refractivity contribution >= 4 is 56.5 Å². The molecule has 6 nitrogen and oxygen atoms in total. The van der Waals surface area contributed by atoms with E-state index in [9.17, 15) is 9.59 Å². The van der Waals surface area contributed by atoms with E-state index in [0.717, 1.165) is 17.3 Å². The van der Waals surface area contributed by atoms with Crippen LogP contribution in [0.5, 0.6) is 11.5 Å². The van der Waals surface area contributed by atoms with Crippen LogP contribution in [-0.2, 0) is 16.1 Å². The summed E-state index contributed by atoms with van der Waals surface area (Å²) in [6, 6.07) is 11.1. The number of rotatable bonds is 10. The fraction of sp³-hybridized carbons (Fsp3) is 0.304. The van der Waals surface area contributed by atoms with Crippen LogP contribution < -0.4 is 9.47 Å². The first-order valence-electron chi connectivity index (χ1n) is 10.0. The molecule has 1 heterocycles. The van der Waals surface area contributed by atoms with Crippen molar-refractivity contribution in [2.45, 2.75) is 20.0 Å². The number of benzene rings is 2. The number of ether oxygens (including phenoxy) is 3. The number of nitrogens with zero attached hydrogens (tertiary/aromatic N) is 1. The lowest BCUT2D eigenvalue weighted by atomic mass is 10.1. The fourth-order valence-electron chi connectivity index (χ4n) is 3.05. The Bertz CT molecular complexity index is 1030. The zero-order valence-corrected chi connectivity index (χ0v) is 20.9. The number of hydrogen-bond acceptors (Lipinski definition) is 6. The summed E-state index contributed by atoms with van der Waals surface area (Å²) in [6.45, 7) is 3.41. The molecule has 1 fully saturated rings. The molecular formula is C23H23BrClNO5S. The predicted molar refractivity (Wildman–Crippen MR) is 130 cm³/mol. The summed E-state index contributed by atoms with van der Waals surface area (Å²) >= 11 is 10.7. The summed E-state index contributed by atoms with van der Waals surface area (Å²) < 4.78 is 17.4. The molecule has 0 spiro atoms. The summed E-state index contributed by atoms with van der Waals surface area (Å²) in [7, 11) is 1.59. The lowest BCUT2D eigenvalue weighted by Crippen LogP contribution is -2.29. The maximum absolute atomic E-state index is 12.7. The van der Waals surface area contributed by atoms with Gasteiger partial charge in [0.05, 0.1) is 16.0 Å². The lowest BCUT2D eigenvalue weighted by Gasteiger charge is -2.15. The standard InChI is InChI=1S/C23H23BrClNO5S/c1-3-30-19-12-15(13-20-22(27)26(23(28)32-20)9-6-10-29-2)11-17(24)21(19)31-14-16-7-4-5-8-18(16)25/h4-5,7-8,11-13H,3,6,9-10,14H2,1-2H3/b20-13+. The van der Waals surface area contributed by atoms with E-state index in [1.54, 1.807) is 19.3 Å². The molecule has 32 heavy (non-hydrogen) atoms. The van der Waals surface area contributed by atoms with Crippen molar-refractivity contribution in [1.82, 2.24) is 4.90 Å². The summed E-state index contributed by atoms with van der Waals surface area (Å²) in [5.74, 6) is 0.764. The Morgan fingerprint density at radius 2 is 1.97 bits per heavy atom. The van der Waals surface area contributed by atoms with Gasteiger partial charge in [0.15, 0.2) is 11.5 Å². The molecule has 0 bridgehead atoms. The van der Waals surface area contributed by atoms with E-state index in [1.807, 2.05) is 37.3 Å². The van der Waals surface area contributed by atoms with Crippen molar-refractivity contribution in [3.05, 3.63) is 61.9 Å². The van der Waals surface area contributed by atoms with Gasteiger partial charge in [0, 0.05) is 30.8 Å². The molecule has 170 valence electrons. The van der Waals surface area contributed by atoms with Gasteiger partial charge in [-0.1, -0.05) is 29.8 Å². The molecular weight excluding hydrogens is 518 g/mol. The average Bonchev–Trinajstić information content (AvgIpc) is 3.02. The summed E-state index contributed by atoms with van der Waals surface area (Å²) in [4.78, 5) is 26.5. The lowest BCUT2D eigenvalue weighted by molar-refractivity contribution is -0.122. The molecule has 2 aromatic rings. The topological polar surface area (TPSA) is 65.1 Å². The highest BCUT2D eigenvalue weighted by Gasteiger charge is 2.34. The van der Waals surface area contributed by atoms with Crippen LogP contribution in [0.25, 0.3) is 6.08 Å². The molecule has 0 aliphatic carbocycles. The largest absolute Gasteiger partial charge is 0.490 e. The first-order valence-corrected chi connectivity index (χ1v) is 12.0. The second kappa shape index (κ2) is 11.7. The Morgan fingerprint density at radius 1 is 1.19 bits per heavy atom. The van der Waals surface area contributed by atoms with Gasteiger partial charge in [0.2, 0.25) is 0 Å². The number of halogens is 2. The van der Waals surface area contributed by atoms with Crippen LogP contribution in [-0.4, -0.2) is 42.9 Å². The molecule has 0 unspecified atom stereocenters. The van der Waals surface area contributed by atoms with Gasteiger partial charge < -0.3 is 14.2 Å². The van der Waals surface area contributed by atoms with E-state index in [0.29, 0.717) is 57.6 Å². The highest BCUT2D eigenvalue weighted by Crippen LogP contribution is 2.40. The molecule has 0 radical (unpaired) electrons. The third kappa shape index (κ3) is 6.07. The Kier molecular flexibility index (Phi) is 9.04. The van der Waals surface area contributed by atoms with Crippen LogP contribution in [0.15, 0.2) is 45.8 Å². The van der Waals surface area contributed by atoms with Crippen LogP contribution >= 0.6 is 39.3 Å². The maximum Gasteiger partial charge on any atom is 0.293 e. The number of carbonyl (C=O) groups is 2. The maximum atomic E-state index is 12.7. The Hall–Kier alpha value is -2.00. The van der Waals surface area contributed by atoms with E-state index in [-0.39, 0.29) is 17.8 Å². The van der Waals surface area contributed by atoms with Crippen molar-refractivity contribution < 1.29 is 23.8 Å². The van der Waals surface area contributed by atoms with Crippen molar-refractivity contribution in [2.24, 2.45) is 0 Å². The molecule has 1 saturated heterocycles. The Labute approximate surface area is 205 Å². The number of thioether (sulfide) groups is 1. The highest BCUT2D eigenvalue weighted by atomic mass is 79.9. The second-order valence-electron chi connectivity index (χ2n) is 6.82. The van der Waals surface area contributed by atoms with E-state index in [1.165, 1.54) is 4.90 Å². The third-order valence-electron chi connectivity index (χ3n) is 4.56. The van der Waals surface area contributed by atoms with Gasteiger partial charge in [0.25, 0.3) is 11.1 Å². The molecule has 0 aromatic heterocycles. The van der Waals surface area contributed by atoms with Gasteiger partial charge in [-0.2, -0.15) is 0 Å². The third-order valence-corrected chi connectivity index (χ3v) is 6.43. The summed E-state index contributed by atoms with van der Waals surface area (Å²) in [5.41, 5.74) is 1.57. The fourth-order valence-corrected chi connectivity index (χ4v) is 4.68. The molecule has 2 amide bonds. The van der Waals surface area contributed by atoms with Crippen molar-refractivity contribution in [3.63, 3.8) is 0 Å². The van der Waals surface area contributed by atoms with Crippen LogP contribution in [0.3, 0.4) is 0 Å². The van der Waals surface area contributed by atoms with Crippen LogP contribution in [0.2, 0.25) is 5.02 Å². The van der Waals surface area contributed by atoms with Crippen LogP contribution in [0.4, 0.5) is 4.79 Å². The van der Waals surface area contributed by atoms with Gasteiger partial charge in [-0.05, 0) is 70.9 Å². The SMILES string of the molecule is CCOc1cc(/C=C2/SC(=O)N(CCCOC)C2=O)cc(Br)c1OCc1ccccc1Cl. The Morgan fingerprint density at radius 3 is 2.69 bits per heavy atom. The predicted octanol–water partition coefficient (Wildman–Crippen LogP) is 6.15. The molecule has 1 aliphatic heterocycles. The number of hydrogen-bond donors (Lipinski definition) is 0. The number of methoxy groups -OCH3 is 1. The molecule has 9 heteroatoms. The first kappa shape index (κ1) is 24.6. The van der Waals surface area contributed by atoms with E-state index in [4.69, 9.17) is 25.8 Å². The molecule has 0 saturated carbocycles. The van der Waals surface area contributed by atoms with Crippen LogP contribution in [0, 0.1) is 0 Å². The molecule has 3 rings (SSSR count). The van der Waals surface area contributed by atoms with Gasteiger partial charge in [-0.15, -0.1) is 0 Å². The van der Waals surface area contributed by atoms with Crippen molar-refractivity contribution in [1.29, 1.82) is 0 Å². The van der Waals surface area contributed by atoms with Gasteiger partial charge in [-0.3, -0.25) is 14.5 Å². The van der Waals surface area contributed by atoms with E-state index >= 15 is 0 Å². The molecule has 1 aliphatic rings. The summed E-state index contributed by atoms with van der Waals surface area (Å²) in [5, 5.41) is 0.348. The van der Waals surface area contributed by atoms with Gasteiger partial charge in [0.1, 0.15) is 6.61 Å². The monoisotopic (exact) mass is 539 g/mol. The molecule has 0 atom stereocenters. The smallest absolute Gasteiger partial charge is 0.293 e. The average molecular weight is 541 g/mol. The minimum absolute atomic E-state index is 0.276. The van der Waals surface area contributed by atoms with Crippen LogP contribution in [0.1, 0.15) is 24.5 Å². The first-order chi connectivity index (χ1) is 15.4. The highest BCUT2D eigenvalue weighted by molar-refractivity contribution is 9.10. The quantitative estimate of drug-likeness (QED) is 0.266. The Balaban J connectivity index is 1.81. The zero-order chi connectivity index (χ0) is 23.1. The second-order valence-corrected chi connectivity index (χ2v) is 9.08. The normalized spacial score (nSPS) is 15.0. The molecule has 0 N–H and O–H groups in total. The summed E-state index contributed by atoms with van der Waals surface area (Å²) in [6.07, 6.45) is 2.28. The minimum atomic E-state index is -0.302. The molecule has 2 aromatic carbocycles. The van der Waals surface area contributed by atoms with Crippen molar-refractivity contribution in [2.75, 3.05) is 26.9 Å². The number of amides is 2. The van der Waals surface area contributed by atoms with E-state index in [2.05, 4.69) is 15.9 Å². The van der Waals surface area contributed by atoms with Crippen molar-refractivity contribution in [3.8, 4) is 11.5 Å². The minimum Gasteiger partial charge on any atom is -0.490 e.